The molecule has 0 aliphatic rings. The van der Waals surface area contributed by atoms with Crippen LogP contribution in [-0.2, 0) is 12.6 Å². The van der Waals surface area contributed by atoms with Crippen LogP contribution in [0.2, 0.25) is 0 Å². The summed E-state index contributed by atoms with van der Waals surface area (Å²) in [4.78, 5) is 13.1. The van der Waals surface area contributed by atoms with Crippen LogP contribution in [0.25, 0.3) is 28.0 Å². The van der Waals surface area contributed by atoms with E-state index in [-0.39, 0.29) is 22.5 Å². The number of halogens is 3. The van der Waals surface area contributed by atoms with Gasteiger partial charge in [0.15, 0.2) is 5.82 Å². The third kappa shape index (κ3) is 3.14. The first-order chi connectivity index (χ1) is 13.8. The molecule has 0 aliphatic heterocycles. The second-order valence-electron chi connectivity index (χ2n) is 6.32. The van der Waals surface area contributed by atoms with Crippen LogP contribution in [0, 0.1) is 0 Å². The van der Waals surface area contributed by atoms with Crippen molar-refractivity contribution in [2.45, 2.75) is 19.5 Å². The van der Waals surface area contributed by atoms with Gasteiger partial charge in [0.1, 0.15) is 23.2 Å². The zero-order chi connectivity index (χ0) is 20.8. The van der Waals surface area contributed by atoms with Crippen LogP contribution in [-0.4, -0.2) is 19.9 Å². The second kappa shape index (κ2) is 6.77. The molecule has 0 unspecified atom stereocenters. The number of nitrogens with zero attached hydrogens (tertiary/aromatic N) is 3. The molecular weight excluding hydrogens is 387 g/mol. The highest BCUT2D eigenvalue weighted by Gasteiger charge is 2.41. The minimum atomic E-state index is -4.96. The van der Waals surface area contributed by atoms with Gasteiger partial charge in [-0.25, -0.2) is 0 Å². The average molecular weight is 401 g/mol. The number of fused-ring (bicyclic) bond motifs is 1. The maximum Gasteiger partial charge on any atom is 0.450 e. The predicted octanol–water partition coefficient (Wildman–Crippen LogP) is 4.33. The van der Waals surface area contributed by atoms with Gasteiger partial charge in [0.25, 0.3) is 0 Å². The van der Waals surface area contributed by atoms with Gasteiger partial charge in [0.2, 0.25) is 11.2 Å². The van der Waals surface area contributed by atoms with Gasteiger partial charge < -0.3 is 9.52 Å². The van der Waals surface area contributed by atoms with Crippen molar-refractivity contribution in [3.8, 4) is 22.8 Å². The van der Waals surface area contributed by atoms with Gasteiger partial charge in [-0.15, -0.1) is 10.2 Å². The summed E-state index contributed by atoms with van der Waals surface area (Å²) in [5.74, 6) is -2.02. The summed E-state index contributed by atoms with van der Waals surface area (Å²) < 4.78 is 47.7. The Bertz CT molecular complexity index is 1260. The first kappa shape index (κ1) is 18.7. The summed E-state index contributed by atoms with van der Waals surface area (Å²) >= 11 is 0. The highest BCUT2D eigenvalue weighted by atomic mass is 19.4. The van der Waals surface area contributed by atoms with Crippen molar-refractivity contribution < 1.29 is 22.7 Å². The molecule has 148 valence electrons. The number of hydrogen-bond acceptors (Lipinski definition) is 5. The van der Waals surface area contributed by atoms with Gasteiger partial charge in [0.05, 0.1) is 5.39 Å². The number of para-hydroxylation sites is 1. The molecule has 9 heteroatoms. The molecule has 4 rings (SSSR count). The van der Waals surface area contributed by atoms with Gasteiger partial charge in [-0.3, -0.25) is 9.36 Å². The maximum absolute atomic E-state index is 13.8. The lowest BCUT2D eigenvalue weighted by Crippen LogP contribution is -2.18. The van der Waals surface area contributed by atoms with E-state index in [0.29, 0.717) is 17.7 Å². The molecular formula is C20H14F3N3O3. The summed E-state index contributed by atoms with van der Waals surface area (Å²) in [7, 11) is 0. The second-order valence-corrected chi connectivity index (χ2v) is 6.32. The molecule has 1 N–H and O–H groups in total. The number of alkyl halides is 3. The van der Waals surface area contributed by atoms with E-state index in [1.807, 2.05) is 0 Å². The SMILES string of the molecule is CCc1cc2c(=O)c(-c3nncn3-c3ccccc3)c(C(F)(F)F)oc2cc1O. The maximum atomic E-state index is 13.8. The fourth-order valence-corrected chi connectivity index (χ4v) is 3.14. The molecule has 0 atom stereocenters. The van der Waals surface area contributed by atoms with E-state index in [1.54, 1.807) is 37.3 Å². The Labute approximate surface area is 161 Å². The summed E-state index contributed by atoms with van der Waals surface area (Å²) in [6.07, 6.45) is -3.35. The Balaban J connectivity index is 2.10. The van der Waals surface area contributed by atoms with E-state index in [2.05, 4.69) is 10.2 Å². The Hall–Kier alpha value is -3.62. The molecule has 4 aromatic rings. The lowest BCUT2D eigenvalue weighted by atomic mass is 10.0. The number of phenolic OH excluding ortho intramolecular Hbond substituents is 1. The number of aromatic hydroxyl groups is 1. The number of hydrogen-bond donors (Lipinski definition) is 1. The highest BCUT2D eigenvalue weighted by molar-refractivity contribution is 5.84. The normalized spacial score (nSPS) is 11.9. The quantitative estimate of drug-likeness (QED) is 0.553. The lowest BCUT2D eigenvalue weighted by Gasteiger charge is -2.14. The third-order valence-corrected chi connectivity index (χ3v) is 4.54. The van der Waals surface area contributed by atoms with Crippen LogP contribution >= 0.6 is 0 Å². The summed E-state index contributed by atoms with van der Waals surface area (Å²) in [6, 6.07) is 10.8. The summed E-state index contributed by atoms with van der Waals surface area (Å²) in [6.45, 7) is 1.75. The van der Waals surface area contributed by atoms with Crippen molar-refractivity contribution in [1.29, 1.82) is 0 Å². The van der Waals surface area contributed by atoms with Crippen LogP contribution in [0.3, 0.4) is 0 Å². The minimum Gasteiger partial charge on any atom is -0.508 e. The first-order valence-electron chi connectivity index (χ1n) is 8.67. The van der Waals surface area contributed by atoms with Crippen LogP contribution in [0.1, 0.15) is 18.2 Å². The zero-order valence-electron chi connectivity index (χ0n) is 15.1. The molecule has 6 nitrogen and oxygen atoms in total. The molecule has 2 aromatic heterocycles. The molecule has 0 fully saturated rings. The van der Waals surface area contributed by atoms with Crippen molar-refractivity contribution in [3.63, 3.8) is 0 Å². The van der Waals surface area contributed by atoms with Crippen molar-refractivity contribution in [3.05, 3.63) is 70.3 Å². The Kier molecular flexibility index (Phi) is 4.37. The Morgan fingerprint density at radius 2 is 1.90 bits per heavy atom. The molecule has 0 amide bonds. The molecule has 0 saturated carbocycles. The topological polar surface area (TPSA) is 81.2 Å². The Morgan fingerprint density at radius 1 is 1.17 bits per heavy atom. The van der Waals surface area contributed by atoms with Crippen LogP contribution in [0.5, 0.6) is 5.75 Å². The standard InChI is InChI=1S/C20H14F3N3O3/c1-2-11-8-13-15(9-14(11)27)29-18(20(21,22)23)16(17(13)28)19-25-24-10-26(19)12-6-4-3-5-7-12/h3-10,27H,2H2,1H3. The van der Waals surface area contributed by atoms with Crippen molar-refractivity contribution in [2.75, 3.05) is 0 Å². The van der Waals surface area contributed by atoms with Gasteiger partial charge in [-0.05, 0) is 30.2 Å². The predicted molar refractivity (Wildman–Crippen MR) is 98.9 cm³/mol. The average Bonchev–Trinajstić information content (AvgIpc) is 3.16. The third-order valence-electron chi connectivity index (χ3n) is 4.54. The van der Waals surface area contributed by atoms with Crippen molar-refractivity contribution in [1.82, 2.24) is 14.8 Å². The zero-order valence-corrected chi connectivity index (χ0v) is 15.1. The smallest absolute Gasteiger partial charge is 0.450 e. The van der Waals surface area contributed by atoms with Crippen molar-refractivity contribution >= 4 is 11.0 Å². The monoisotopic (exact) mass is 401 g/mol. The molecule has 0 aliphatic carbocycles. The molecule has 2 aromatic carbocycles. The summed E-state index contributed by atoms with van der Waals surface area (Å²) in [5.41, 5.74) is -1.09. The molecule has 0 radical (unpaired) electrons. The van der Waals surface area contributed by atoms with Gasteiger partial charge in [0, 0.05) is 11.8 Å². The molecule has 0 saturated heterocycles. The fraction of sp³-hybridized carbons (Fsp3) is 0.150. The molecule has 0 spiro atoms. The molecule has 2 heterocycles. The van der Waals surface area contributed by atoms with Gasteiger partial charge >= 0.3 is 6.18 Å². The number of benzene rings is 2. The van der Waals surface area contributed by atoms with Crippen LogP contribution < -0.4 is 5.43 Å². The lowest BCUT2D eigenvalue weighted by molar-refractivity contribution is -0.152. The fourth-order valence-electron chi connectivity index (χ4n) is 3.14. The van der Waals surface area contributed by atoms with E-state index in [9.17, 15) is 23.1 Å². The Morgan fingerprint density at radius 3 is 2.55 bits per heavy atom. The number of aromatic nitrogens is 3. The summed E-state index contributed by atoms with van der Waals surface area (Å²) in [5, 5.41) is 17.4. The highest BCUT2D eigenvalue weighted by Crippen LogP contribution is 2.38. The number of aryl methyl sites for hydroxylation is 1. The number of rotatable bonds is 3. The number of phenols is 1. The first-order valence-corrected chi connectivity index (χ1v) is 8.67. The molecule has 0 bridgehead atoms. The van der Waals surface area contributed by atoms with E-state index in [0.717, 1.165) is 6.07 Å². The van der Waals surface area contributed by atoms with E-state index in [4.69, 9.17) is 4.42 Å². The van der Waals surface area contributed by atoms with Gasteiger partial charge in [-0.1, -0.05) is 25.1 Å². The van der Waals surface area contributed by atoms with Gasteiger partial charge in [-0.2, -0.15) is 13.2 Å². The largest absolute Gasteiger partial charge is 0.508 e. The van der Waals surface area contributed by atoms with E-state index in [1.165, 1.54) is 17.0 Å². The van der Waals surface area contributed by atoms with Crippen LogP contribution in [0.4, 0.5) is 13.2 Å². The van der Waals surface area contributed by atoms with Crippen molar-refractivity contribution in [2.24, 2.45) is 0 Å². The van der Waals surface area contributed by atoms with E-state index < -0.39 is 22.9 Å². The molecule has 29 heavy (non-hydrogen) atoms. The van der Waals surface area contributed by atoms with Crippen LogP contribution in [0.15, 0.2) is 58.0 Å². The minimum absolute atomic E-state index is 0.0785. The van der Waals surface area contributed by atoms with E-state index >= 15 is 0 Å².